The summed E-state index contributed by atoms with van der Waals surface area (Å²) in [5, 5.41) is 0. The van der Waals surface area contributed by atoms with E-state index in [2.05, 4.69) is 10.4 Å². The van der Waals surface area contributed by atoms with Gasteiger partial charge in [0.15, 0.2) is 6.20 Å². The van der Waals surface area contributed by atoms with E-state index in [-0.39, 0.29) is 11.8 Å². The maximum Gasteiger partial charge on any atom is 0.306 e. The summed E-state index contributed by atoms with van der Waals surface area (Å²) >= 11 is 0. The Balaban J connectivity index is 2.15. The van der Waals surface area contributed by atoms with Gasteiger partial charge in [-0.05, 0) is 32.0 Å². The molecule has 0 saturated heterocycles. The highest BCUT2D eigenvalue weighted by atomic mass is 16.2. The van der Waals surface area contributed by atoms with Crippen molar-refractivity contribution in [2.24, 2.45) is 0 Å². The molecule has 2 rings (SSSR count). The van der Waals surface area contributed by atoms with Crippen molar-refractivity contribution in [3.05, 3.63) is 60.2 Å². The van der Waals surface area contributed by atoms with Crippen LogP contribution in [-0.4, -0.2) is 34.8 Å². The monoisotopic (exact) mass is 299 g/mol. The van der Waals surface area contributed by atoms with Gasteiger partial charge in [-0.25, -0.2) is 0 Å². The van der Waals surface area contributed by atoms with Crippen molar-refractivity contribution in [1.29, 1.82) is 0 Å². The largest absolute Gasteiger partial charge is 0.339 e. The van der Waals surface area contributed by atoms with Crippen LogP contribution in [0.5, 0.6) is 0 Å². The molecule has 0 radical (unpaired) electrons. The predicted octanol–water partition coefficient (Wildman–Crippen LogP) is 1.23. The van der Waals surface area contributed by atoms with Crippen molar-refractivity contribution in [1.82, 2.24) is 9.88 Å². The van der Waals surface area contributed by atoms with E-state index in [0.717, 1.165) is 0 Å². The molecule has 0 atom stereocenters. The van der Waals surface area contributed by atoms with E-state index in [4.69, 9.17) is 0 Å². The molecule has 0 saturated carbocycles. The average molecular weight is 299 g/mol. The third-order valence-electron chi connectivity index (χ3n) is 3.25. The SMILES string of the molecule is CCN(CC)C(=O)c1ccc[n+](NC(=O)c2cccnc2)c1. The third-order valence-corrected chi connectivity index (χ3v) is 3.25. The second-order valence-electron chi connectivity index (χ2n) is 4.66. The van der Waals surface area contributed by atoms with E-state index in [0.29, 0.717) is 24.2 Å². The molecular weight excluding hydrogens is 280 g/mol. The number of hydrogen-bond acceptors (Lipinski definition) is 3. The van der Waals surface area contributed by atoms with Gasteiger partial charge in [0.05, 0.1) is 5.56 Å². The van der Waals surface area contributed by atoms with E-state index < -0.39 is 0 Å². The Morgan fingerprint density at radius 1 is 1.18 bits per heavy atom. The van der Waals surface area contributed by atoms with Crippen molar-refractivity contribution in [3.8, 4) is 0 Å². The molecule has 1 N–H and O–H groups in total. The van der Waals surface area contributed by atoms with Gasteiger partial charge in [0.2, 0.25) is 6.20 Å². The normalized spacial score (nSPS) is 10.1. The van der Waals surface area contributed by atoms with Gasteiger partial charge < -0.3 is 4.90 Å². The first-order chi connectivity index (χ1) is 10.7. The predicted molar refractivity (Wildman–Crippen MR) is 81.8 cm³/mol. The number of nitrogens with zero attached hydrogens (tertiary/aromatic N) is 3. The Kier molecular flexibility index (Phi) is 5.19. The summed E-state index contributed by atoms with van der Waals surface area (Å²) in [7, 11) is 0. The summed E-state index contributed by atoms with van der Waals surface area (Å²) in [6.45, 7) is 5.16. The fourth-order valence-corrected chi connectivity index (χ4v) is 2.04. The van der Waals surface area contributed by atoms with Crippen molar-refractivity contribution in [3.63, 3.8) is 0 Å². The fourth-order valence-electron chi connectivity index (χ4n) is 2.04. The van der Waals surface area contributed by atoms with Gasteiger partial charge in [0.1, 0.15) is 5.56 Å². The summed E-state index contributed by atoms with van der Waals surface area (Å²) in [5.74, 6) is -0.347. The fraction of sp³-hybridized carbons (Fsp3) is 0.250. The number of carbonyl (C=O) groups excluding carboxylic acids is 2. The minimum atomic E-state index is -0.287. The molecule has 0 aromatic carbocycles. The number of amides is 2. The highest BCUT2D eigenvalue weighted by molar-refractivity contribution is 5.98. The number of carbonyl (C=O) groups is 2. The minimum absolute atomic E-state index is 0.0602. The molecule has 0 spiro atoms. The Morgan fingerprint density at radius 2 is 1.91 bits per heavy atom. The summed E-state index contributed by atoms with van der Waals surface area (Å²) in [6, 6.07) is 6.82. The van der Waals surface area contributed by atoms with Gasteiger partial charge in [-0.1, -0.05) is 4.68 Å². The van der Waals surface area contributed by atoms with Crippen LogP contribution in [0.4, 0.5) is 0 Å². The molecule has 0 aliphatic carbocycles. The lowest BCUT2D eigenvalue weighted by Gasteiger charge is -2.17. The van der Waals surface area contributed by atoms with Crippen LogP contribution < -0.4 is 10.1 Å². The molecule has 2 aromatic rings. The second-order valence-corrected chi connectivity index (χ2v) is 4.66. The van der Waals surface area contributed by atoms with E-state index in [1.165, 1.54) is 10.9 Å². The number of rotatable bonds is 5. The van der Waals surface area contributed by atoms with E-state index in [1.807, 2.05) is 13.8 Å². The number of aromatic nitrogens is 2. The Hall–Kier alpha value is -2.76. The van der Waals surface area contributed by atoms with Gasteiger partial charge >= 0.3 is 5.91 Å². The highest BCUT2D eigenvalue weighted by Crippen LogP contribution is 2.02. The first kappa shape index (κ1) is 15.6. The van der Waals surface area contributed by atoms with Crippen LogP contribution in [0.25, 0.3) is 0 Å². The first-order valence-electron chi connectivity index (χ1n) is 7.17. The zero-order valence-corrected chi connectivity index (χ0v) is 12.7. The second kappa shape index (κ2) is 7.31. The minimum Gasteiger partial charge on any atom is -0.339 e. The molecule has 0 aliphatic heterocycles. The molecule has 0 unspecified atom stereocenters. The Labute approximate surface area is 129 Å². The number of pyridine rings is 2. The quantitative estimate of drug-likeness (QED) is 0.845. The standard InChI is InChI=1S/C16H18N4O2/c1-3-19(4-2)16(22)14-8-6-10-20(12-14)18-15(21)13-7-5-9-17-11-13/h5-12H,3-4H2,1-2H3/p+1. The summed E-state index contributed by atoms with van der Waals surface area (Å²) in [4.78, 5) is 30.0. The smallest absolute Gasteiger partial charge is 0.306 e. The van der Waals surface area contributed by atoms with Gasteiger partial charge in [-0.2, -0.15) is 0 Å². The van der Waals surface area contributed by atoms with Crippen LogP contribution in [0.3, 0.4) is 0 Å². The molecule has 0 aliphatic rings. The van der Waals surface area contributed by atoms with E-state index in [1.54, 1.807) is 47.8 Å². The number of nitrogens with one attached hydrogen (secondary N) is 1. The van der Waals surface area contributed by atoms with Crippen LogP contribution in [0.1, 0.15) is 34.6 Å². The lowest BCUT2D eigenvalue weighted by molar-refractivity contribution is -0.641. The van der Waals surface area contributed by atoms with Gasteiger partial charge in [-0.15, -0.1) is 5.43 Å². The van der Waals surface area contributed by atoms with Crippen LogP contribution in [0, 0.1) is 0 Å². The van der Waals surface area contributed by atoms with Crippen molar-refractivity contribution in [2.45, 2.75) is 13.8 Å². The first-order valence-corrected chi connectivity index (χ1v) is 7.17. The summed E-state index contributed by atoms with van der Waals surface area (Å²) < 4.78 is 1.48. The van der Waals surface area contributed by atoms with Crippen LogP contribution in [-0.2, 0) is 0 Å². The molecule has 0 bridgehead atoms. The highest BCUT2D eigenvalue weighted by Gasteiger charge is 2.17. The maximum atomic E-state index is 12.3. The Morgan fingerprint density at radius 3 is 2.55 bits per heavy atom. The summed E-state index contributed by atoms with van der Waals surface area (Å²) in [5.41, 5.74) is 3.68. The summed E-state index contributed by atoms with van der Waals surface area (Å²) in [6.07, 6.45) is 6.37. The van der Waals surface area contributed by atoms with E-state index >= 15 is 0 Å². The molecule has 114 valence electrons. The van der Waals surface area contributed by atoms with Crippen LogP contribution in [0.2, 0.25) is 0 Å². The van der Waals surface area contributed by atoms with Crippen molar-refractivity contribution < 1.29 is 14.3 Å². The molecule has 6 heteroatoms. The molecule has 22 heavy (non-hydrogen) atoms. The zero-order valence-electron chi connectivity index (χ0n) is 12.7. The van der Waals surface area contributed by atoms with Crippen molar-refractivity contribution >= 4 is 11.8 Å². The molecule has 2 aromatic heterocycles. The topological polar surface area (TPSA) is 66.2 Å². The zero-order chi connectivity index (χ0) is 15.9. The molecule has 6 nitrogen and oxygen atoms in total. The Bertz CT molecular complexity index is 654. The lowest BCUT2D eigenvalue weighted by atomic mass is 10.2. The van der Waals surface area contributed by atoms with Crippen molar-refractivity contribution in [2.75, 3.05) is 18.5 Å². The third kappa shape index (κ3) is 3.66. The average Bonchev–Trinajstić information content (AvgIpc) is 2.57. The maximum absolute atomic E-state index is 12.3. The van der Waals surface area contributed by atoms with Gasteiger partial charge in [0.25, 0.3) is 5.91 Å². The van der Waals surface area contributed by atoms with Crippen LogP contribution in [0.15, 0.2) is 49.1 Å². The molecular formula is C16H19N4O2+. The van der Waals surface area contributed by atoms with Gasteiger partial charge in [-0.3, -0.25) is 14.6 Å². The molecule has 2 heterocycles. The molecule has 0 fully saturated rings. The van der Waals surface area contributed by atoms with Gasteiger partial charge in [0, 0.05) is 31.5 Å². The van der Waals surface area contributed by atoms with Crippen LogP contribution >= 0.6 is 0 Å². The number of hydrogen-bond donors (Lipinski definition) is 1. The lowest BCUT2D eigenvalue weighted by Crippen LogP contribution is -2.48. The van der Waals surface area contributed by atoms with E-state index in [9.17, 15) is 9.59 Å². The molecule has 2 amide bonds.